The topological polar surface area (TPSA) is 71.1 Å². The van der Waals surface area contributed by atoms with Gasteiger partial charge in [0.05, 0.1) is 5.75 Å². The number of anilines is 1. The van der Waals surface area contributed by atoms with Crippen LogP contribution in [0.2, 0.25) is 0 Å². The van der Waals surface area contributed by atoms with Crippen LogP contribution in [0, 0.1) is 6.92 Å². The number of benzene rings is 1. The molecule has 1 aromatic heterocycles. The number of para-hydroxylation sites is 1. The van der Waals surface area contributed by atoms with Crippen LogP contribution in [0.4, 0.5) is 10.5 Å². The molecule has 0 bridgehead atoms. The van der Waals surface area contributed by atoms with Crippen molar-refractivity contribution in [2.45, 2.75) is 11.3 Å². The molecular formula is C13H13N3O2S2. The van der Waals surface area contributed by atoms with Gasteiger partial charge in [-0.15, -0.1) is 11.3 Å². The third-order valence-electron chi connectivity index (χ3n) is 2.21. The third kappa shape index (κ3) is 4.67. The Morgan fingerprint density at radius 3 is 2.70 bits per heavy atom. The van der Waals surface area contributed by atoms with Crippen LogP contribution in [-0.2, 0) is 4.79 Å². The molecule has 0 radical (unpaired) electrons. The van der Waals surface area contributed by atoms with Crippen molar-refractivity contribution in [3.63, 3.8) is 0 Å². The number of thiazole rings is 1. The summed E-state index contributed by atoms with van der Waals surface area (Å²) in [4.78, 5) is 27.4. The molecule has 0 saturated carbocycles. The van der Waals surface area contributed by atoms with Crippen LogP contribution in [0.3, 0.4) is 0 Å². The molecule has 0 unspecified atom stereocenters. The molecule has 0 aliphatic rings. The minimum absolute atomic E-state index is 0.162. The normalized spacial score (nSPS) is 10.1. The lowest BCUT2D eigenvalue weighted by atomic mass is 10.3. The van der Waals surface area contributed by atoms with E-state index in [4.69, 9.17) is 0 Å². The summed E-state index contributed by atoms with van der Waals surface area (Å²) in [6.45, 7) is 1.90. The summed E-state index contributed by atoms with van der Waals surface area (Å²) in [5.74, 6) is -0.189. The Bertz CT molecular complexity index is 599. The highest BCUT2D eigenvalue weighted by molar-refractivity contribution is 8.01. The van der Waals surface area contributed by atoms with Crippen LogP contribution in [-0.4, -0.2) is 22.7 Å². The largest absolute Gasteiger partial charge is 0.325 e. The monoisotopic (exact) mass is 307 g/mol. The van der Waals surface area contributed by atoms with E-state index in [0.717, 1.165) is 10.0 Å². The number of amides is 3. The molecule has 2 N–H and O–H groups in total. The van der Waals surface area contributed by atoms with Gasteiger partial charge in [0.1, 0.15) is 0 Å². The van der Waals surface area contributed by atoms with E-state index < -0.39 is 6.03 Å². The van der Waals surface area contributed by atoms with E-state index in [2.05, 4.69) is 15.6 Å². The molecule has 5 nitrogen and oxygen atoms in total. The van der Waals surface area contributed by atoms with Crippen molar-refractivity contribution in [3.05, 3.63) is 41.4 Å². The molecule has 0 spiro atoms. The number of thioether (sulfide) groups is 1. The van der Waals surface area contributed by atoms with Crippen molar-refractivity contribution >= 4 is 40.7 Å². The predicted octanol–water partition coefficient (Wildman–Crippen LogP) is 2.89. The maximum absolute atomic E-state index is 11.6. The van der Waals surface area contributed by atoms with Crippen molar-refractivity contribution in [1.29, 1.82) is 0 Å². The second-order valence-electron chi connectivity index (χ2n) is 3.91. The Kier molecular flexibility index (Phi) is 5.14. The summed E-state index contributed by atoms with van der Waals surface area (Å²) in [5.41, 5.74) is 1.57. The van der Waals surface area contributed by atoms with Crippen molar-refractivity contribution < 1.29 is 9.59 Å². The summed E-state index contributed by atoms with van der Waals surface area (Å²) in [6.07, 6.45) is 0. The number of hydrogen-bond acceptors (Lipinski definition) is 5. The lowest BCUT2D eigenvalue weighted by Gasteiger charge is -2.05. The molecule has 1 aromatic carbocycles. The Labute approximate surface area is 124 Å². The van der Waals surface area contributed by atoms with E-state index in [9.17, 15) is 9.59 Å². The van der Waals surface area contributed by atoms with Crippen molar-refractivity contribution in [2.24, 2.45) is 0 Å². The minimum atomic E-state index is -0.530. The molecular weight excluding hydrogens is 294 g/mol. The van der Waals surface area contributed by atoms with Gasteiger partial charge in [0.25, 0.3) is 0 Å². The van der Waals surface area contributed by atoms with Gasteiger partial charge in [-0.2, -0.15) is 0 Å². The molecule has 3 amide bonds. The lowest BCUT2D eigenvalue weighted by Crippen LogP contribution is -2.35. The summed E-state index contributed by atoms with van der Waals surface area (Å²) < 4.78 is 0.820. The van der Waals surface area contributed by atoms with Crippen molar-refractivity contribution in [3.8, 4) is 0 Å². The average molecular weight is 307 g/mol. The molecule has 2 rings (SSSR count). The first-order valence-corrected chi connectivity index (χ1v) is 7.71. The summed E-state index contributed by atoms with van der Waals surface area (Å²) in [6, 6.07) is 8.42. The highest BCUT2D eigenvalue weighted by atomic mass is 32.2. The zero-order valence-corrected chi connectivity index (χ0v) is 12.4. The molecule has 104 valence electrons. The predicted molar refractivity (Wildman–Crippen MR) is 81.2 cm³/mol. The molecule has 1 heterocycles. The molecule has 0 fully saturated rings. The fourth-order valence-electron chi connectivity index (χ4n) is 1.37. The highest BCUT2D eigenvalue weighted by Crippen LogP contribution is 2.21. The molecule has 7 heteroatoms. The van der Waals surface area contributed by atoms with E-state index in [1.807, 2.05) is 18.4 Å². The number of aryl methyl sites for hydroxylation is 1. The minimum Gasteiger partial charge on any atom is -0.308 e. The van der Waals surface area contributed by atoms with E-state index in [1.54, 1.807) is 24.3 Å². The van der Waals surface area contributed by atoms with Gasteiger partial charge >= 0.3 is 6.03 Å². The van der Waals surface area contributed by atoms with Crippen LogP contribution < -0.4 is 10.6 Å². The number of carbonyl (C=O) groups excluding carboxylic acids is 2. The number of aromatic nitrogens is 1. The van der Waals surface area contributed by atoms with Crippen LogP contribution in [0.25, 0.3) is 0 Å². The first-order chi connectivity index (χ1) is 9.63. The molecule has 0 aliphatic carbocycles. The first-order valence-electron chi connectivity index (χ1n) is 5.84. The summed E-state index contributed by atoms with van der Waals surface area (Å²) in [5, 5.41) is 6.77. The molecule has 0 aliphatic heterocycles. The second kappa shape index (κ2) is 7.06. The lowest BCUT2D eigenvalue weighted by molar-refractivity contribution is -0.117. The smallest absolute Gasteiger partial charge is 0.308 e. The molecule has 20 heavy (non-hydrogen) atoms. The van der Waals surface area contributed by atoms with Crippen LogP contribution >= 0.6 is 23.1 Å². The first kappa shape index (κ1) is 14.5. The van der Waals surface area contributed by atoms with E-state index in [0.29, 0.717) is 5.69 Å². The van der Waals surface area contributed by atoms with Crippen molar-refractivity contribution in [2.75, 3.05) is 11.1 Å². The molecule has 2 aromatic rings. The van der Waals surface area contributed by atoms with E-state index >= 15 is 0 Å². The van der Waals surface area contributed by atoms with Gasteiger partial charge in [-0.05, 0) is 19.1 Å². The van der Waals surface area contributed by atoms with Gasteiger partial charge in [-0.25, -0.2) is 9.78 Å². The van der Waals surface area contributed by atoms with Gasteiger partial charge in [0.2, 0.25) is 5.91 Å². The van der Waals surface area contributed by atoms with E-state index in [1.165, 1.54) is 23.1 Å². The fraction of sp³-hybridized carbons (Fsp3) is 0.154. The van der Waals surface area contributed by atoms with Crippen molar-refractivity contribution in [1.82, 2.24) is 10.3 Å². The zero-order valence-electron chi connectivity index (χ0n) is 10.8. The van der Waals surface area contributed by atoms with Crippen LogP contribution in [0.1, 0.15) is 5.69 Å². The van der Waals surface area contributed by atoms with Crippen LogP contribution in [0.5, 0.6) is 0 Å². The fourth-order valence-corrected chi connectivity index (χ4v) is 3.02. The number of nitrogens with one attached hydrogen (secondary N) is 2. The van der Waals surface area contributed by atoms with E-state index in [-0.39, 0.29) is 11.7 Å². The molecule has 0 saturated heterocycles. The Morgan fingerprint density at radius 2 is 2.05 bits per heavy atom. The zero-order chi connectivity index (χ0) is 14.4. The Balaban J connectivity index is 1.75. The Morgan fingerprint density at radius 1 is 1.30 bits per heavy atom. The number of nitrogens with zero attached hydrogens (tertiary/aromatic N) is 1. The number of imide groups is 1. The standard InChI is InChI=1S/C13H13N3O2S2/c1-9-7-19-13(14-9)20-8-11(17)16-12(18)15-10-5-3-2-4-6-10/h2-7H,8H2,1H3,(H2,15,16,17,18). The number of rotatable bonds is 4. The quantitative estimate of drug-likeness (QED) is 0.852. The van der Waals surface area contributed by atoms with Gasteiger partial charge in [0.15, 0.2) is 4.34 Å². The third-order valence-corrected chi connectivity index (χ3v) is 4.35. The van der Waals surface area contributed by atoms with Gasteiger partial charge < -0.3 is 5.32 Å². The number of hydrogen-bond donors (Lipinski definition) is 2. The average Bonchev–Trinajstić information content (AvgIpc) is 2.83. The van der Waals surface area contributed by atoms with Gasteiger partial charge in [-0.3, -0.25) is 10.1 Å². The van der Waals surface area contributed by atoms with Gasteiger partial charge in [0, 0.05) is 16.8 Å². The Hall–Kier alpha value is -1.86. The number of urea groups is 1. The number of carbonyl (C=O) groups is 2. The molecule has 0 atom stereocenters. The second-order valence-corrected chi connectivity index (χ2v) is 5.99. The summed E-state index contributed by atoms with van der Waals surface area (Å²) >= 11 is 2.80. The van der Waals surface area contributed by atoms with Gasteiger partial charge in [-0.1, -0.05) is 30.0 Å². The highest BCUT2D eigenvalue weighted by Gasteiger charge is 2.09. The maximum atomic E-state index is 11.6. The SMILES string of the molecule is Cc1csc(SCC(=O)NC(=O)Nc2ccccc2)n1. The summed E-state index contributed by atoms with van der Waals surface area (Å²) in [7, 11) is 0. The van der Waals surface area contributed by atoms with Crippen LogP contribution in [0.15, 0.2) is 40.1 Å². The maximum Gasteiger partial charge on any atom is 0.325 e.